The molecule has 3 amide bonds. The van der Waals surface area contributed by atoms with E-state index >= 15 is 0 Å². The van der Waals surface area contributed by atoms with Crippen LogP contribution in [0.25, 0.3) is 0 Å². The Bertz CT molecular complexity index is 1690. The van der Waals surface area contributed by atoms with Gasteiger partial charge in [-0.2, -0.15) is 5.01 Å². The molecule has 3 atom stereocenters. The lowest BCUT2D eigenvalue weighted by Gasteiger charge is -2.45. The number of hydrogen-bond acceptors (Lipinski definition) is 5. The zero-order valence-corrected chi connectivity index (χ0v) is 24.2. The molecular weight excluding hydrogens is 564 g/mol. The van der Waals surface area contributed by atoms with Crippen molar-refractivity contribution in [2.45, 2.75) is 24.8 Å². The topological polar surface area (TPSA) is 84.0 Å². The third kappa shape index (κ3) is 4.02. The van der Waals surface area contributed by atoms with Crippen LogP contribution in [0, 0.1) is 11.8 Å². The van der Waals surface area contributed by atoms with Crippen LogP contribution in [0.2, 0.25) is 5.02 Å². The molecule has 43 heavy (non-hydrogen) atoms. The normalized spacial score (nSPS) is 22.0. The van der Waals surface area contributed by atoms with Gasteiger partial charge in [0.2, 0.25) is 0 Å². The number of benzene rings is 4. The Hall–Kier alpha value is -4.75. The van der Waals surface area contributed by atoms with Crippen LogP contribution in [0.5, 0.6) is 5.75 Å². The second kappa shape index (κ2) is 10.2. The Morgan fingerprint density at radius 1 is 0.721 bits per heavy atom. The van der Waals surface area contributed by atoms with E-state index in [0.717, 1.165) is 32.3 Å². The van der Waals surface area contributed by atoms with Gasteiger partial charge < -0.3 is 4.74 Å². The molecule has 3 aliphatic carbocycles. The Morgan fingerprint density at radius 2 is 1.16 bits per heavy atom. The van der Waals surface area contributed by atoms with Crippen LogP contribution < -0.4 is 4.74 Å². The first-order chi connectivity index (χ1) is 20.8. The van der Waals surface area contributed by atoms with Crippen LogP contribution in [0.4, 0.5) is 0 Å². The number of amides is 3. The molecular formula is C35H27ClN2O5. The maximum absolute atomic E-state index is 14.5. The Morgan fingerprint density at radius 3 is 1.60 bits per heavy atom. The molecule has 0 radical (unpaired) electrons. The van der Waals surface area contributed by atoms with Crippen LogP contribution in [0.3, 0.4) is 0 Å². The third-order valence-corrected chi connectivity index (χ3v) is 9.31. The smallest absolute Gasteiger partial charge is 0.273 e. The number of imide groups is 1. The van der Waals surface area contributed by atoms with Crippen molar-refractivity contribution in [3.8, 4) is 5.75 Å². The lowest BCUT2D eigenvalue weighted by Crippen LogP contribution is -2.56. The summed E-state index contributed by atoms with van der Waals surface area (Å²) in [4.78, 5) is 57.1. The fourth-order valence-electron chi connectivity index (χ4n) is 7.15. The summed E-state index contributed by atoms with van der Waals surface area (Å²) >= 11 is 6.09. The highest BCUT2D eigenvalue weighted by atomic mass is 35.5. The van der Waals surface area contributed by atoms with Crippen molar-refractivity contribution in [1.82, 2.24) is 10.0 Å². The summed E-state index contributed by atoms with van der Waals surface area (Å²) in [5, 5.41) is 2.43. The predicted octanol–water partition coefficient (Wildman–Crippen LogP) is 5.87. The number of methoxy groups -OCH3 is 1. The van der Waals surface area contributed by atoms with E-state index in [2.05, 4.69) is 0 Å². The molecule has 214 valence electrons. The summed E-state index contributed by atoms with van der Waals surface area (Å²) in [6, 6.07) is 27.4. The molecule has 4 aromatic rings. The monoisotopic (exact) mass is 590 g/mol. The Balaban J connectivity index is 1.34. The molecule has 0 aromatic heterocycles. The van der Waals surface area contributed by atoms with Gasteiger partial charge in [-0.3, -0.25) is 19.2 Å². The van der Waals surface area contributed by atoms with Gasteiger partial charge in [-0.1, -0.05) is 60.1 Å². The molecule has 4 aliphatic rings. The highest BCUT2D eigenvalue weighted by Gasteiger charge is 2.63. The quantitative estimate of drug-likeness (QED) is 0.207. The first-order valence-corrected chi connectivity index (χ1v) is 14.5. The minimum Gasteiger partial charge on any atom is -0.497 e. The second-order valence-corrected chi connectivity index (χ2v) is 11.6. The molecule has 1 fully saturated rings. The van der Waals surface area contributed by atoms with E-state index in [1.807, 2.05) is 48.5 Å². The molecule has 7 nitrogen and oxygen atoms in total. The minimum absolute atomic E-state index is 0.198. The van der Waals surface area contributed by atoms with E-state index in [9.17, 15) is 19.2 Å². The van der Waals surface area contributed by atoms with Crippen LogP contribution in [0.1, 0.15) is 61.7 Å². The van der Waals surface area contributed by atoms with E-state index in [0.29, 0.717) is 16.3 Å². The number of carbonyl (C=O) groups is 4. The standard InChI is InChI=1S/C35H27ClN2O5/c1-19(32(39)20-13-17-23(43-2)18-14-20)37(33(40)21-11-15-22(36)16-12-21)38-34(41)30-28-24-7-3-4-8-25(24)29(31(30)35(38)42)27-10-6-5-9-26(27)28/h3-19,28-31H,1-2H3/t19-,28?,29?,30-,31-/m0/s1. The molecule has 8 heteroatoms. The van der Waals surface area contributed by atoms with Gasteiger partial charge in [-0.25, -0.2) is 5.01 Å². The molecule has 4 aromatic carbocycles. The summed E-state index contributed by atoms with van der Waals surface area (Å²) in [5.41, 5.74) is 4.60. The molecule has 1 aliphatic heterocycles. The van der Waals surface area contributed by atoms with Gasteiger partial charge in [-0.15, -0.1) is 0 Å². The first-order valence-electron chi connectivity index (χ1n) is 14.1. The van der Waals surface area contributed by atoms with Crippen molar-refractivity contribution < 1.29 is 23.9 Å². The number of ether oxygens (including phenoxy) is 1. The van der Waals surface area contributed by atoms with Crippen LogP contribution in [-0.4, -0.2) is 46.7 Å². The molecule has 2 bridgehead atoms. The predicted molar refractivity (Wildman–Crippen MR) is 160 cm³/mol. The average Bonchev–Trinajstić information content (AvgIpc) is 3.30. The summed E-state index contributed by atoms with van der Waals surface area (Å²) in [5.74, 6) is -3.55. The highest BCUT2D eigenvalue weighted by Crippen LogP contribution is 2.61. The van der Waals surface area contributed by atoms with Crippen molar-refractivity contribution >= 4 is 35.1 Å². The van der Waals surface area contributed by atoms with Gasteiger partial charge in [0.05, 0.1) is 18.9 Å². The zero-order chi connectivity index (χ0) is 30.0. The van der Waals surface area contributed by atoms with E-state index in [1.54, 1.807) is 43.3 Å². The molecule has 0 N–H and O–H groups in total. The van der Waals surface area contributed by atoms with Crippen molar-refractivity contribution in [3.63, 3.8) is 0 Å². The molecule has 0 spiro atoms. The van der Waals surface area contributed by atoms with Gasteiger partial charge in [0.25, 0.3) is 17.7 Å². The minimum atomic E-state index is -1.17. The SMILES string of the molecule is COc1ccc(C(=O)[C@H](C)N(C(=O)c2ccc(Cl)cc2)N2C(=O)[C@H]3C4c5ccccc5C(c5ccccc54)[C@@H]3C2=O)cc1. The lowest BCUT2D eigenvalue weighted by molar-refractivity contribution is -0.156. The fourth-order valence-corrected chi connectivity index (χ4v) is 7.27. The first kappa shape index (κ1) is 27.1. The Kier molecular flexibility index (Phi) is 6.43. The second-order valence-electron chi connectivity index (χ2n) is 11.2. The highest BCUT2D eigenvalue weighted by molar-refractivity contribution is 6.30. The zero-order valence-electron chi connectivity index (χ0n) is 23.4. The molecule has 0 saturated carbocycles. The number of nitrogens with zero attached hydrogens (tertiary/aromatic N) is 2. The number of halogens is 1. The number of rotatable bonds is 6. The van der Waals surface area contributed by atoms with E-state index in [-0.39, 0.29) is 17.4 Å². The van der Waals surface area contributed by atoms with Gasteiger partial charge in [-0.05, 0) is 77.7 Å². The van der Waals surface area contributed by atoms with Gasteiger partial charge in [0.15, 0.2) is 5.78 Å². The number of Topliss-reactive ketones (excluding diaryl/α,β-unsaturated/α-hetero) is 1. The molecule has 1 heterocycles. The summed E-state index contributed by atoms with van der Waals surface area (Å²) in [6.45, 7) is 1.54. The summed E-state index contributed by atoms with van der Waals surface area (Å²) in [7, 11) is 1.53. The number of ketones is 1. The van der Waals surface area contributed by atoms with Crippen LogP contribution >= 0.6 is 11.6 Å². The van der Waals surface area contributed by atoms with Crippen LogP contribution in [0.15, 0.2) is 97.1 Å². The lowest BCUT2D eigenvalue weighted by atomic mass is 9.55. The molecule has 0 unspecified atom stereocenters. The Labute approximate surface area is 253 Å². The maximum atomic E-state index is 14.5. The van der Waals surface area contributed by atoms with Gasteiger partial charge >= 0.3 is 0 Å². The van der Waals surface area contributed by atoms with Gasteiger partial charge in [0, 0.05) is 28.0 Å². The fraction of sp³-hybridized carbons (Fsp3) is 0.200. The third-order valence-electron chi connectivity index (χ3n) is 9.06. The van der Waals surface area contributed by atoms with E-state index < -0.39 is 41.4 Å². The number of hydrogen-bond donors (Lipinski definition) is 0. The number of hydrazine groups is 1. The van der Waals surface area contributed by atoms with Crippen LogP contribution in [-0.2, 0) is 9.59 Å². The number of carbonyl (C=O) groups excluding carboxylic acids is 4. The van der Waals surface area contributed by atoms with E-state index in [1.165, 1.54) is 19.2 Å². The maximum Gasteiger partial charge on any atom is 0.273 e. The van der Waals surface area contributed by atoms with Gasteiger partial charge in [0.1, 0.15) is 11.8 Å². The molecule has 1 saturated heterocycles. The largest absolute Gasteiger partial charge is 0.497 e. The van der Waals surface area contributed by atoms with Crippen molar-refractivity contribution in [2.24, 2.45) is 11.8 Å². The van der Waals surface area contributed by atoms with Crippen molar-refractivity contribution in [2.75, 3.05) is 7.11 Å². The summed E-state index contributed by atoms with van der Waals surface area (Å²) in [6.07, 6.45) is 0. The van der Waals surface area contributed by atoms with E-state index in [4.69, 9.17) is 16.3 Å². The van der Waals surface area contributed by atoms with Crippen molar-refractivity contribution in [1.29, 1.82) is 0 Å². The molecule has 8 rings (SSSR count). The average molecular weight is 591 g/mol. The summed E-state index contributed by atoms with van der Waals surface area (Å²) < 4.78 is 5.22. The van der Waals surface area contributed by atoms with Crippen molar-refractivity contribution in [3.05, 3.63) is 135 Å².